The number of anilines is 2. The summed E-state index contributed by atoms with van der Waals surface area (Å²) in [5, 5.41) is 0.779. The molecule has 19 heavy (non-hydrogen) atoms. The first-order valence-electron chi connectivity index (χ1n) is 5.89. The predicted octanol–water partition coefficient (Wildman–Crippen LogP) is 3.31. The molecule has 5 heteroatoms. The second-order valence-electron chi connectivity index (χ2n) is 4.30. The van der Waals surface area contributed by atoms with E-state index < -0.39 is 0 Å². The number of hydrogen-bond acceptors (Lipinski definition) is 5. The summed E-state index contributed by atoms with van der Waals surface area (Å²) in [6.07, 6.45) is 0. The quantitative estimate of drug-likeness (QED) is 0.807. The molecule has 0 fully saturated rings. The Hall–Kier alpha value is -1.88. The van der Waals surface area contributed by atoms with E-state index in [0.29, 0.717) is 10.6 Å². The lowest BCUT2D eigenvalue weighted by Gasteiger charge is -2.15. The van der Waals surface area contributed by atoms with E-state index in [-0.39, 0.29) is 5.97 Å². The van der Waals surface area contributed by atoms with Crippen molar-refractivity contribution in [3.63, 3.8) is 0 Å². The molecule has 0 N–H and O–H groups in total. The standard InChI is InChI=1S/C14H16N2O2S/c1-9-5-7-11(8-6-9)16(3)14-15-10(2)12(19-14)13(17)18-4/h5-8H,1-4H3. The van der Waals surface area contributed by atoms with Gasteiger partial charge in [0.05, 0.1) is 12.8 Å². The molecule has 0 saturated heterocycles. The number of ether oxygens (including phenoxy) is 1. The Morgan fingerprint density at radius 2 is 1.89 bits per heavy atom. The van der Waals surface area contributed by atoms with Gasteiger partial charge in [0.2, 0.25) is 0 Å². The van der Waals surface area contributed by atoms with Crippen LogP contribution in [0.5, 0.6) is 0 Å². The normalized spacial score (nSPS) is 10.3. The number of aromatic nitrogens is 1. The maximum Gasteiger partial charge on any atom is 0.350 e. The largest absolute Gasteiger partial charge is 0.465 e. The molecule has 0 aliphatic heterocycles. The Balaban J connectivity index is 2.31. The van der Waals surface area contributed by atoms with Gasteiger partial charge in [-0.1, -0.05) is 29.0 Å². The molecule has 1 heterocycles. The van der Waals surface area contributed by atoms with Crippen LogP contribution in [0.1, 0.15) is 20.9 Å². The van der Waals surface area contributed by atoms with Crippen molar-refractivity contribution in [2.24, 2.45) is 0 Å². The van der Waals surface area contributed by atoms with Gasteiger partial charge in [-0.15, -0.1) is 0 Å². The first kappa shape index (κ1) is 13.5. The zero-order valence-corrected chi connectivity index (χ0v) is 12.2. The van der Waals surface area contributed by atoms with E-state index in [4.69, 9.17) is 4.74 Å². The van der Waals surface area contributed by atoms with Crippen LogP contribution in [0, 0.1) is 13.8 Å². The van der Waals surface area contributed by atoms with E-state index in [1.165, 1.54) is 24.0 Å². The van der Waals surface area contributed by atoms with Gasteiger partial charge in [-0.05, 0) is 26.0 Å². The molecule has 0 amide bonds. The third-order valence-electron chi connectivity index (χ3n) is 2.86. The van der Waals surface area contributed by atoms with Crippen molar-refractivity contribution in [1.29, 1.82) is 0 Å². The van der Waals surface area contributed by atoms with Crippen molar-refractivity contribution in [1.82, 2.24) is 4.98 Å². The fraction of sp³-hybridized carbons (Fsp3) is 0.286. The molecule has 0 aliphatic rings. The second kappa shape index (κ2) is 5.40. The molecule has 0 radical (unpaired) electrons. The topological polar surface area (TPSA) is 42.4 Å². The zero-order chi connectivity index (χ0) is 14.0. The van der Waals surface area contributed by atoms with Crippen LogP contribution in [0.15, 0.2) is 24.3 Å². The maximum atomic E-state index is 11.6. The van der Waals surface area contributed by atoms with Crippen molar-refractivity contribution in [3.05, 3.63) is 40.4 Å². The first-order chi connectivity index (χ1) is 9.02. The van der Waals surface area contributed by atoms with E-state index in [2.05, 4.69) is 4.98 Å². The lowest BCUT2D eigenvalue weighted by Crippen LogP contribution is -2.08. The number of carbonyl (C=O) groups excluding carboxylic acids is 1. The van der Waals surface area contributed by atoms with Crippen molar-refractivity contribution < 1.29 is 9.53 Å². The molecule has 1 aromatic carbocycles. The van der Waals surface area contributed by atoms with Gasteiger partial charge in [0, 0.05) is 12.7 Å². The van der Waals surface area contributed by atoms with Gasteiger partial charge in [0.25, 0.3) is 0 Å². The third kappa shape index (κ3) is 2.76. The second-order valence-corrected chi connectivity index (χ2v) is 5.27. The molecule has 100 valence electrons. The summed E-state index contributed by atoms with van der Waals surface area (Å²) in [4.78, 5) is 18.5. The monoisotopic (exact) mass is 276 g/mol. The number of thiazole rings is 1. The van der Waals surface area contributed by atoms with Gasteiger partial charge in [-0.25, -0.2) is 9.78 Å². The summed E-state index contributed by atoms with van der Waals surface area (Å²) in [6.45, 7) is 3.86. The van der Waals surface area contributed by atoms with E-state index in [0.717, 1.165) is 10.8 Å². The molecule has 0 saturated carbocycles. The molecule has 2 rings (SSSR count). The number of aryl methyl sites for hydroxylation is 2. The van der Waals surface area contributed by atoms with Crippen LogP contribution < -0.4 is 4.90 Å². The smallest absolute Gasteiger partial charge is 0.350 e. The van der Waals surface area contributed by atoms with Crippen LogP contribution in [0.4, 0.5) is 10.8 Å². The van der Waals surface area contributed by atoms with Crippen LogP contribution in [0.25, 0.3) is 0 Å². The van der Waals surface area contributed by atoms with E-state index in [1.54, 1.807) is 0 Å². The zero-order valence-electron chi connectivity index (χ0n) is 11.4. The van der Waals surface area contributed by atoms with Gasteiger partial charge in [0.15, 0.2) is 5.13 Å². The Morgan fingerprint density at radius 1 is 1.26 bits per heavy atom. The van der Waals surface area contributed by atoms with Crippen LogP contribution in [0.2, 0.25) is 0 Å². The number of rotatable bonds is 3. The van der Waals surface area contributed by atoms with Gasteiger partial charge < -0.3 is 9.64 Å². The Morgan fingerprint density at radius 3 is 2.47 bits per heavy atom. The molecule has 2 aromatic rings. The highest BCUT2D eigenvalue weighted by molar-refractivity contribution is 7.17. The summed E-state index contributed by atoms with van der Waals surface area (Å²) in [7, 11) is 3.31. The van der Waals surface area contributed by atoms with E-state index in [1.807, 2.05) is 50.1 Å². The molecule has 1 aromatic heterocycles. The molecule has 0 atom stereocenters. The van der Waals surface area contributed by atoms with E-state index >= 15 is 0 Å². The number of benzene rings is 1. The minimum Gasteiger partial charge on any atom is -0.465 e. The molecule has 4 nitrogen and oxygen atoms in total. The van der Waals surface area contributed by atoms with Gasteiger partial charge in [-0.3, -0.25) is 0 Å². The highest BCUT2D eigenvalue weighted by atomic mass is 32.1. The summed E-state index contributed by atoms with van der Waals surface area (Å²) in [5.74, 6) is -0.335. The number of esters is 1. The molecule has 0 spiro atoms. The minimum absolute atomic E-state index is 0.335. The number of methoxy groups -OCH3 is 1. The fourth-order valence-corrected chi connectivity index (χ4v) is 2.65. The summed E-state index contributed by atoms with van der Waals surface area (Å²) in [6, 6.07) is 8.16. The molecule has 0 aliphatic carbocycles. The highest BCUT2D eigenvalue weighted by Crippen LogP contribution is 2.30. The van der Waals surface area contributed by atoms with Crippen molar-refractivity contribution >= 4 is 28.1 Å². The lowest BCUT2D eigenvalue weighted by molar-refractivity contribution is 0.0605. The number of hydrogen-bond donors (Lipinski definition) is 0. The summed E-state index contributed by atoms with van der Waals surface area (Å²) < 4.78 is 4.74. The molecular formula is C14H16N2O2S. The summed E-state index contributed by atoms with van der Waals surface area (Å²) >= 11 is 1.34. The minimum atomic E-state index is -0.335. The van der Waals surface area contributed by atoms with Crippen molar-refractivity contribution in [2.75, 3.05) is 19.1 Å². The maximum absolute atomic E-state index is 11.6. The Kier molecular flexibility index (Phi) is 3.85. The molecular weight excluding hydrogens is 260 g/mol. The summed E-state index contributed by atoms with van der Waals surface area (Å²) in [5.41, 5.74) is 2.95. The van der Waals surface area contributed by atoms with E-state index in [9.17, 15) is 4.79 Å². The fourth-order valence-electron chi connectivity index (χ4n) is 1.69. The predicted molar refractivity (Wildman–Crippen MR) is 77.4 cm³/mol. The number of nitrogens with zero attached hydrogens (tertiary/aromatic N) is 2. The van der Waals surface area contributed by atoms with Crippen LogP contribution in [-0.2, 0) is 4.74 Å². The lowest BCUT2D eigenvalue weighted by atomic mass is 10.2. The van der Waals surface area contributed by atoms with Gasteiger partial charge >= 0.3 is 5.97 Å². The highest BCUT2D eigenvalue weighted by Gasteiger charge is 2.18. The average Bonchev–Trinajstić information content (AvgIpc) is 2.80. The molecule has 0 bridgehead atoms. The average molecular weight is 276 g/mol. The van der Waals surface area contributed by atoms with Crippen LogP contribution >= 0.6 is 11.3 Å². The Bertz CT molecular complexity index is 590. The Labute approximate surface area is 116 Å². The van der Waals surface area contributed by atoms with Gasteiger partial charge in [-0.2, -0.15) is 0 Å². The number of carbonyl (C=O) groups is 1. The first-order valence-corrected chi connectivity index (χ1v) is 6.70. The van der Waals surface area contributed by atoms with Crippen molar-refractivity contribution in [3.8, 4) is 0 Å². The SMILES string of the molecule is COC(=O)c1sc(N(C)c2ccc(C)cc2)nc1C. The van der Waals surface area contributed by atoms with Crippen LogP contribution in [-0.4, -0.2) is 25.1 Å². The van der Waals surface area contributed by atoms with Crippen LogP contribution in [0.3, 0.4) is 0 Å². The third-order valence-corrected chi connectivity index (χ3v) is 4.08. The van der Waals surface area contributed by atoms with Crippen molar-refractivity contribution in [2.45, 2.75) is 13.8 Å². The molecule has 0 unspecified atom stereocenters. The van der Waals surface area contributed by atoms with Gasteiger partial charge in [0.1, 0.15) is 4.88 Å².